The first-order chi connectivity index (χ1) is 18.7. The van der Waals surface area contributed by atoms with E-state index < -0.39 is 6.10 Å². The van der Waals surface area contributed by atoms with E-state index in [1.807, 2.05) is 0 Å². The Morgan fingerprint density at radius 3 is 1.66 bits per heavy atom. The molecule has 0 aromatic rings. The van der Waals surface area contributed by atoms with Crippen molar-refractivity contribution >= 4 is 5.97 Å². The molecule has 4 nitrogen and oxygen atoms in total. The monoisotopic (exact) mass is 534 g/mol. The average Bonchev–Trinajstić information content (AvgIpc) is 2.92. The minimum atomic E-state index is -0.532. The van der Waals surface area contributed by atoms with Crippen LogP contribution in [-0.2, 0) is 14.3 Å². The van der Waals surface area contributed by atoms with Crippen LogP contribution in [0.4, 0.5) is 0 Å². The van der Waals surface area contributed by atoms with Gasteiger partial charge in [-0.2, -0.15) is 0 Å². The van der Waals surface area contributed by atoms with Crippen LogP contribution in [0.2, 0.25) is 0 Å². The predicted octanol–water partition coefficient (Wildman–Crippen LogP) is 9.81. The second kappa shape index (κ2) is 31.8. The van der Waals surface area contributed by atoms with Crippen molar-refractivity contribution in [3.63, 3.8) is 0 Å². The maximum atomic E-state index is 11.8. The summed E-state index contributed by atoms with van der Waals surface area (Å²) >= 11 is 0. The lowest BCUT2D eigenvalue weighted by atomic mass is 10.1. The zero-order valence-corrected chi connectivity index (χ0v) is 25.2. The highest BCUT2D eigenvalue weighted by atomic mass is 16.6. The highest BCUT2D eigenvalue weighted by molar-refractivity contribution is 5.69. The van der Waals surface area contributed by atoms with Gasteiger partial charge in [0.15, 0.2) is 0 Å². The summed E-state index contributed by atoms with van der Waals surface area (Å²) in [5.41, 5.74) is 0. The normalized spacial score (nSPS) is 12.8. The molecule has 1 N–H and O–H groups in total. The third-order valence-corrected chi connectivity index (χ3v) is 6.72. The third-order valence-electron chi connectivity index (χ3n) is 6.72. The molecule has 0 aliphatic rings. The molecule has 0 bridgehead atoms. The van der Waals surface area contributed by atoms with Crippen molar-refractivity contribution < 1.29 is 19.4 Å². The van der Waals surface area contributed by atoms with Gasteiger partial charge < -0.3 is 14.6 Å². The first kappa shape index (κ1) is 36.6. The summed E-state index contributed by atoms with van der Waals surface area (Å²) in [7, 11) is 0. The van der Waals surface area contributed by atoms with Gasteiger partial charge in [-0.1, -0.05) is 127 Å². The molecule has 0 amide bonds. The molecule has 0 saturated heterocycles. The molecule has 0 spiro atoms. The smallest absolute Gasteiger partial charge is 0.306 e. The largest absolute Gasteiger partial charge is 0.457 e. The van der Waals surface area contributed by atoms with Gasteiger partial charge in [0.1, 0.15) is 6.10 Å². The molecule has 0 aromatic carbocycles. The number of allylic oxidation sites excluding steroid dienone is 6. The van der Waals surface area contributed by atoms with Crippen molar-refractivity contribution in [2.75, 3.05) is 19.8 Å². The number of unbranched alkanes of at least 4 members (excludes halogenated alkanes) is 15. The fourth-order valence-corrected chi connectivity index (χ4v) is 4.27. The van der Waals surface area contributed by atoms with Crippen molar-refractivity contribution in [1.29, 1.82) is 0 Å². The van der Waals surface area contributed by atoms with Crippen LogP contribution in [0.15, 0.2) is 36.5 Å². The number of aliphatic hydroxyl groups excluding tert-OH is 1. The first-order valence-corrected chi connectivity index (χ1v) is 16.1. The fourth-order valence-electron chi connectivity index (χ4n) is 4.27. The Labute approximate surface area is 236 Å². The van der Waals surface area contributed by atoms with E-state index in [2.05, 4.69) is 50.3 Å². The maximum Gasteiger partial charge on any atom is 0.306 e. The van der Waals surface area contributed by atoms with E-state index in [0.717, 1.165) is 44.9 Å². The zero-order valence-electron chi connectivity index (χ0n) is 25.2. The Balaban J connectivity index is 3.42. The molecule has 222 valence electrons. The molecule has 0 radical (unpaired) electrons. The number of aliphatic hydroxyl groups is 1. The van der Waals surface area contributed by atoms with Crippen LogP contribution < -0.4 is 0 Å². The quantitative estimate of drug-likeness (QED) is 0.0589. The molecule has 1 atom stereocenters. The van der Waals surface area contributed by atoms with Gasteiger partial charge in [-0.05, 0) is 51.4 Å². The number of hydrogen-bond acceptors (Lipinski definition) is 4. The highest BCUT2D eigenvalue weighted by Gasteiger charge is 2.13. The Morgan fingerprint density at radius 1 is 0.632 bits per heavy atom. The third kappa shape index (κ3) is 29.2. The summed E-state index contributed by atoms with van der Waals surface area (Å²) in [5, 5.41) is 9.40. The van der Waals surface area contributed by atoms with Crippen molar-refractivity contribution in [3.05, 3.63) is 36.5 Å². The van der Waals surface area contributed by atoms with Crippen molar-refractivity contribution in [3.8, 4) is 0 Å². The minimum Gasteiger partial charge on any atom is -0.457 e. The van der Waals surface area contributed by atoms with Gasteiger partial charge in [0, 0.05) is 13.0 Å². The SMILES string of the molecule is CCCCCCC/C=C\C/C=C\C/C=C\CCCCCCCCCOCC(CO)OC(=O)CCCCCC. The lowest BCUT2D eigenvalue weighted by molar-refractivity contribution is -0.154. The summed E-state index contributed by atoms with van der Waals surface area (Å²) in [6, 6.07) is 0. The molecular formula is C34H62O4. The number of carbonyl (C=O) groups is 1. The van der Waals surface area contributed by atoms with Crippen LogP contribution in [0, 0.1) is 0 Å². The lowest BCUT2D eigenvalue weighted by Gasteiger charge is -2.15. The number of rotatable bonds is 29. The van der Waals surface area contributed by atoms with E-state index in [9.17, 15) is 9.90 Å². The van der Waals surface area contributed by atoms with Gasteiger partial charge in [0.2, 0.25) is 0 Å². The molecule has 38 heavy (non-hydrogen) atoms. The van der Waals surface area contributed by atoms with Gasteiger partial charge >= 0.3 is 5.97 Å². The lowest BCUT2D eigenvalue weighted by Crippen LogP contribution is -2.27. The minimum absolute atomic E-state index is 0.177. The van der Waals surface area contributed by atoms with Gasteiger partial charge in [0.25, 0.3) is 0 Å². The number of hydrogen-bond donors (Lipinski definition) is 1. The molecule has 0 rings (SSSR count). The summed E-state index contributed by atoms with van der Waals surface area (Å²) in [4.78, 5) is 11.8. The van der Waals surface area contributed by atoms with Crippen LogP contribution in [0.3, 0.4) is 0 Å². The van der Waals surface area contributed by atoms with Gasteiger partial charge in [-0.15, -0.1) is 0 Å². The second-order valence-corrected chi connectivity index (χ2v) is 10.5. The molecule has 0 aliphatic heterocycles. The fraction of sp³-hybridized carbons (Fsp3) is 0.794. The molecular weight excluding hydrogens is 472 g/mol. The Hall–Kier alpha value is -1.39. The summed E-state index contributed by atoms with van der Waals surface area (Å²) in [6.07, 6.45) is 37.9. The standard InChI is InChI=1S/C34H62O4/c1-3-5-7-9-10-11-12-13-14-15-16-17-18-19-20-21-22-23-24-25-26-28-30-37-32-33(31-35)38-34(36)29-27-8-6-4-2/h12-13,15-16,18-19,33,35H,3-11,14,17,20-32H2,1-2H3/b13-12-,16-15-,19-18-. The number of ether oxygens (including phenoxy) is 2. The average molecular weight is 535 g/mol. The maximum absolute atomic E-state index is 11.8. The van der Waals surface area contributed by atoms with E-state index in [-0.39, 0.29) is 19.2 Å². The van der Waals surface area contributed by atoms with Crippen LogP contribution >= 0.6 is 0 Å². The number of carbonyl (C=O) groups excluding carboxylic acids is 1. The Bertz CT molecular complexity index is 567. The molecule has 0 aromatic heterocycles. The van der Waals surface area contributed by atoms with E-state index in [0.29, 0.717) is 13.0 Å². The highest BCUT2D eigenvalue weighted by Crippen LogP contribution is 2.10. The van der Waals surface area contributed by atoms with E-state index in [1.165, 1.54) is 83.5 Å². The van der Waals surface area contributed by atoms with E-state index in [4.69, 9.17) is 9.47 Å². The summed E-state index contributed by atoms with van der Waals surface area (Å²) in [6.45, 7) is 5.19. The number of esters is 1. The molecule has 0 heterocycles. The topological polar surface area (TPSA) is 55.8 Å². The van der Waals surface area contributed by atoms with E-state index >= 15 is 0 Å². The van der Waals surface area contributed by atoms with Crippen molar-refractivity contribution in [2.24, 2.45) is 0 Å². The van der Waals surface area contributed by atoms with Crippen LogP contribution in [0.5, 0.6) is 0 Å². The van der Waals surface area contributed by atoms with Gasteiger partial charge in [-0.3, -0.25) is 4.79 Å². The van der Waals surface area contributed by atoms with Crippen LogP contribution in [-0.4, -0.2) is 37.0 Å². The predicted molar refractivity (Wildman–Crippen MR) is 164 cm³/mol. The summed E-state index contributed by atoms with van der Waals surface area (Å²) in [5.74, 6) is -0.224. The van der Waals surface area contributed by atoms with Crippen LogP contribution in [0.25, 0.3) is 0 Å². The Kier molecular flexibility index (Phi) is 30.7. The molecule has 0 fully saturated rings. The van der Waals surface area contributed by atoms with Crippen molar-refractivity contribution in [1.82, 2.24) is 0 Å². The molecule has 4 heteroatoms. The van der Waals surface area contributed by atoms with E-state index in [1.54, 1.807) is 0 Å². The zero-order chi connectivity index (χ0) is 27.8. The molecule has 0 saturated carbocycles. The van der Waals surface area contributed by atoms with Crippen molar-refractivity contribution in [2.45, 2.75) is 155 Å². The summed E-state index contributed by atoms with van der Waals surface area (Å²) < 4.78 is 10.9. The van der Waals surface area contributed by atoms with Crippen LogP contribution in [0.1, 0.15) is 149 Å². The Morgan fingerprint density at radius 2 is 1.11 bits per heavy atom. The second-order valence-electron chi connectivity index (χ2n) is 10.5. The molecule has 0 aliphatic carbocycles. The van der Waals surface area contributed by atoms with Gasteiger partial charge in [0.05, 0.1) is 13.2 Å². The van der Waals surface area contributed by atoms with Gasteiger partial charge in [-0.25, -0.2) is 0 Å². The first-order valence-electron chi connectivity index (χ1n) is 16.1. The molecule has 1 unspecified atom stereocenters.